The molecule has 7 nitrogen and oxygen atoms in total. The zero-order valence-corrected chi connectivity index (χ0v) is 12.5. The van der Waals surface area contributed by atoms with Gasteiger partial charge in [-0.15, -0.1) is 0 Å². The van der Waals surface area contributed by atoms with Crippen LogP contribution in [0.3, 0.4) is 0 Å². The lowest BCUT2D eigenvalue weighted by Crippen LogP contribution is -2.37. The molecule has 0 aliphatic rings. The van der Waals surface area contributed by atoms with Gasteiger partial charge in [0.1, 0.15) is 6.04 Å². The highest BCUT2D eigenvalue weighted by Gasteiger charge is 2.18. The number of nitrogens with zero attached hydrogens (tertiary/aromatic N) is 1. The lowest BCUT2D eigenvalue weighted by molar-refractivity contribution is -0.385. The van der Waals surface area contributed by atoms with E-state index in [1.165, 1.54) is 17.8 Å². The smallest absolute Gasteiger partial charge is 0.327 e. The standard InChI is InChI=1S/C11H11BrN2O5S/c12-10-7(2-1-3-9(10)14(18)19)4-20-5-8(11(16)17)13-6-15/h1-3,6,8H,4-5H2,(H,13,15)(H,16,17). The molecule has 0 aliphatic carbocycles. The summed E-state index contributed by atoms with van der Waals surface area (Å²) in [5, 5.41) is 21.8. The Labute approximate surface area is 127 Å². The van der Waals surface area contributed by atoms with Gasteiger partial charge in [0.25, 0.3) is 5.69 Å². The van der Waals surface area contributed by atoms with E-state index in [4.69, 9.17) is 5.11 Å². The third kappa shape index (κ3) is 4.49. The van der Waals surface area contributed by atoms with E-state index in [2.05, 4.69) is 21.2 Å². The first-order valence-corrected chi connectivity index (χ1v) is 7.34. The number of carbonyl (C=O) groups is 2. The fraction of sp³-hybridized carbons (Fsp3) is 0.273. The molecule has 20 heavy (non-hydrogen) atoms. The zero-order chi connectivity index (χ0) is 15.1. The van der Waals surface area contributed by atoms with Crippen molar-refractivity contribution in [2.75, 3.05) is 5.75 Å². The summed E-state index contributed by atoms with van der Waals surface area (Å²) in [5.74, 6) is -0.557. The van der Waals surface area contributed by atoms with Gasteiger partial charge in [-0.1, -0.05) is 12.1 Å². The van der Waals surface area contributed by atoms with Crippen LogP contribution in [0.25, 0.3) is 0 Å². The van der Waals surface area contributed by atoms with Crippen LogP contribution in [-0.4, -0.2) is 34.2 Å². The van der Waals surface area contributed by atoms with E-state index in [0.29, 0.717) is 22.2 Å². The maximum atomic E-state index is 10.8. The largest absolute Gasteiger partial charge is 0.480 e. The lowest BCUT2D eigenvalue weighted by atomic mass is 10.2. The number of rotatable bonds is 8. The molecule has 1 aromatic carbocycles. The van der Waals surface area contributed by atoms with Crippen LogP contribution in [0.4, 0.5) is 5.69 Å². The first-order chi connectivity index (χ1) is 9.47. The fourth-order valence-electron chi connectivity index (χ4n) is 1.38. The number of benzene rings is 1. The van der Waals surface area contributed by atoms with Crippen molar-refractivity contribution < 1.29 is 19.6 Å². The van der Waals surface area contributed by atoms with Crippen LogP contribution in [0.2, 0.25) is 0 Å². The first-order valence-electron chi connectivity index (χ1n) is 5.39. The van der Waals surface area contributed by atoms with Crippen molar-refractivity contribution in [2.24, 2.45) is 0 Å². The second-order valence-corrected chi connectivity index (χ2v) is 5.52. The van der Waals surface area contributed by atoms with E-state index in [1.807, 2.05) is 0 Å². The van der Waals surface area contributed by atoms with Gasteiger partial charge in [-0.25, -0.2) is 4.79 Å². The average Bonchev–Trinajstić information content (AvgIpc) is 2.39. The number of carboxylic acid groups (broad SMARTS) is 1. The van der Waals surface area contributed by atoms with Gasteiger partial charge in [0.2, 0.25) is 6.41 Å². The molecule has 0 radical (unpaired) electrons. The van der Waals surface area contributed by atoms with Gasteiger partial charge < -0.3 is 10.4 Å². The number of thioether (sulfide) groups is 1. The minimum absolute atomic E-state index is 0.0381. The summed E-state index contributed by atoms with van der Waals surface area (Å²) in [6.07, 6.45) is 0.336. The number of halogens is 1. The summed E-state index contributed by atoms with van der Waals surface area (Å²) < 4.78 is 0.382. The number of hydrogen-bond donors (Lipinski definition) is 2. The molecule has 1 unspecified atom stereocenters. The molecule has 0 saturated heterocycles. The first kappa shape index (κ1) is 16.4. The Morgan fingerprint density at radius 2 is 2.30 bits per heavy atom. The average molecular weight is 363 g/mol. The van der Waals surface area contributed by atoms with Gasteiger partial charge in [0.05, 0.1) is 9.40 Å². The number of hydrogen-bond acceptors (Lipinski definition) is 5. The van der Waals surface area contributed by atoms with Crippen LogP contribution in [0.5, 0.6) is 0 Å². The summed E-state index contributed by atoms with van der Waals surface area (Å²) in [5.41, 5.74) is 0.656. The van der Waals surface area contributed by atoms with E-state index in [-0.39, 0.29) is 11.4 Å². The van der Waals surface area contributed by atoms with Gasteiger partial charge in [0, 0.05) is 17.6 Å². The summed E-state index contributed by atoms with van der Waals surface area (Å²) in [6.45, 7) is 0. The molecule has 2 N–H and O–H groups in total. The number of nitrogens with one attached hydrogen (secondary N) is 1. The second kappa shape index (κ2) is 7.85. The predicted molar refractivity (Wildman–Crippen MR) is 77.6 cm³/mol. The van der Waals surface area contributed by atoms with Gasteiger partial charge in [-0.05, 0) is 21.5 Å². The van der Waals surface area contributed by atoms with Gasteiger partial charge in [-0.3, -0.25) is 14.9 Å². The quantitative estimate of drug-likeness (QED) is 0.414. The van der Waals surface area contributed by atoms with Crippen LogP contribution in [0.1, 0.15) is 5.56 Å². The fourth-order valence-corrected chi connectivity index (χ4v) is 3.17. The number of nitro groups is 1. The van der Waals surface area contributed by atoms with E-state index in [9.17, 15) is 19.7 Å². The van der Waals surface area contributed by atoms with Gasteiger partial charge in [0.15, 0.2) is 0 Å². The molecule has 1 amide bonds. The number of carboxylic acids is 1. The summed E-state index contributed by atoms with van der Waals surface area (Å²) in [6, 6.07) is 3.69. The van der Waals surface area contributed by atoms with E-state index in [0.717, 1.165) is 0 Å². The van der Waals surface area contributed by atoms with Crippen LogP contribution >= 0.6 is 27.7 Å². The van der Waals surface area contributed by atoms with Crippen LogP contribution in [0, 0.1) is 10.1 Å². The van der Waals surface area contributed by atoms with E-state index >= 15 is 0 Å². The van der Waals surface area contributed by atoms with Crippen molar-refractivity contribution in [3.8, 4) is 0 Å². The summed E-state index contributed by atoms with van der Waals surface area (Å²) >= 11 is 4.43. The predicted octanol–water partition coefficient (Wildman–Crippen LogP) is 1.79. The second-order valence-electron chi connectivity index (χ2n) is 3.70. The molecule has 0 heterocycles. The molecule has 0 aromatic heterocycles. The molecule has 0 saturated carbocycles. The Hall–Kier alpha value is -1.61. The van der Waals surface area contributed by atoms with Crippen molar-refractivity contribution in [3.63, 3.8) is 0 Å². The number of aliphatic carboxylic acids is 1. The Morgan fingerprint density at radius 1 is 1.60 bits per heavy atom. The van der Waals surface area contributed by atoms with Crippen LogP contribution < -0.4 is 5.32 Å². The molecule has 1 atom stereocenters. The van der Waals surface area contributed by atoms with Crippen molar-refractivity contribution in [1.82, 2.24) is 5.32 Å². The van der Waals surface area contributed by atoms with Crippen molar-refractivity contribution >= 4 is 45.8 Å². The molecule has 0 bridgehead atoms. The Morgan fingerprint density at radius 3 is 2.85 bits per heavy atom. The molecule has 0 fully saturated rings. The van der Waals surface area contributed by atoms with Crippen molar-refractivity contribution in [2.45, 2.75) is 11.8 Å². The SMILES string of the molecule is O=CNC(CSCc1cccc([N+](=O)[O-])c1Br)C(=O)O. The van der Waals surface area contributed by atoms with Gasteiger partial charge >= 0.3 is 5.97 Å². The van der Waals surface area contributed by atoms with Crippen molar-refractivity contribution in [1.29, 1.82) is 0 Å². The highest BCUT2D eigenvalue weighted by Crippen LogP contribution is 2.30. The third-order valence-corrected chi connectivity index (χ3v) is 4.36. The molecular formula is C11H11BrN2O5S. The number of amides is 1. The Balaban J connectivity index is 2.66. The number of carbonyl (C=O) groups excluding carboxylic acids is 1. The summed E-state index contributed by atoms with van der Waals surface area (Å²) in [7, 11) is 0. The molecule has 1 rings (SSSR count). The molecule has 9 heteroatoms. The molecule has 108 valence electrons. The van der Waals surface area contributed by atoms with Gasteiger partial charge in [-0.2, -0.15) is 11.8 Å². The van der Waals surface area contributed by atoms with Crippen LogP contribution in [-0.2, 0) is 15.3 Å². The molecule has 1 aromatic rings. The topological polar surface area (TPSA) is 110 Å². The third-order valence-electron chi connectivity index (χ3n) is 2.36. The highest BCUT2D eigenvalue weighted by molar-refractivity contribution is 9.10. The maximum absolute atomic E-state index is 10.8. The molecule has 0 aliphatic heterocycles. The van der Waals surface area contributed by atoms with E-state index in [1.54, 1.807) is 12.1 Å². The minimum atomic E-state index is -1.12. The Bertz CT molecular complexity index is 526. The molecular weight excluding hydrogens is 352 g/mol. The van der Waals surface area contributed by atoms with Crippen LogP contribution in [0.15, 0.2) is 22.7 Å². The minimum Gasteiger partial charge on any atom is -0.480 e. The van der Waals surface area contributed by atoms with Crippen molar-refractivity contribution in [3.05, 3.63) is 38.3 Å². The summed E-state index contributed by atoms with van der Waals surface area (Å²) in [4.78, 5) is 31.3. The monoisotopic (exact) mass is 362 g/mol. The van der Waals surface area contributed by atoms with E-state index < -0.39 is 16.9 Å². The maximum Gasteiger partial charge on any atom is 0.327 e. The Kier molecular flexibility index (Phi) is 6.46. The number of nitro benzene ring substituents is 1. The molecule has 0 spiro atoms. The lowest BCUT2D eigenvalue weighted by Gasteiger charge is -2.11. The highest BCUT2D eigenvalue weighted by atomic mass is 79.9. The normalized spacial score (nSPS) is 11.7. The zero-order valence-electron chi connectivity index (χ0n) is 10.1.